The molecule has 0 aliphatic heterocycles. The third kappa shape index (κ3) is 6.30. The molecule has 2 aromatic rings. The Hall–Kier alpha value is -3.41. The van der Waals surface area contributed by atoms with Gasteiger partial charge >= 0.3 is 12.1 Å². The van der Waals surface area contributed by atoms with Crippen molar-refractivity contribution in [3.8, 4) is 0 Å². The molecule has 0 aliphatic rings. The summed E-state index contributed by atoms with van der Waals surface area (Å²) < 4.78 is 11.8. The topological polar surface area (TPSA) is 74.6 Å². The van der Waals surface area contributed by atoms with Gasteiger partial charge in [-0.05, 0) is 75.9 Å². The molecule has 1 aromatic carbocycles. The summed E-state index contributed by atoms with van der Waals surface area (Å²) in [5, 5.41) is 0.811. The monoisotopic (exact) mass is 437 g/mol. The van der Waals surface area contributed by atoms with Crippen LogP contribution in [0.5, 0.6) is 0 Å². The molecule has 0 spiro atoms. The van der Waals surface area contributed by atoms with Crippen LogP contribution in [0, 0.1) is 0 Å². The number of rotatable bonds is 7. The van der Waals surface area contributed by atoms with Gasteiger partial charge in [0.25, 0.3) is 0 Å². The van der Waals surface area contributed by atoms with Gasteiger partial charge in [0.15, 0.2) is 0 Å². The molecule has 0 aliphatic carbocycles. The molecule has 0 saturated heterocycles. The number of allylic oxidation sites excluding steroid dienone is 3. The van der Waals surface area contributed by atoms with Crippen LogP contribution < -0.4 is 0 Å². The molecular formula is C26H31NO5. The molecule has 32 heavy (non-hydrogen) atoms. The maximum atomic E-state index is 12.7. The predicted molar refractivity (Wildman–Crippen MR) is 126 cm³/mol. The van der Waals surface area contributed by atoms with Gasteiger partial charge in [0, 0.05) is 18.0 Å². The van der Waals surface area contributed by atoms with Crippen molar-refractivity contribution in [2.45, 2.75) is 53.1 Å². The molecule has 0 radical (unpaired) electrons. The Kier molecular flexibility index (Phi) is 7.97. The van der Waals surface area contributed by atoms with Gasteiger partial charge in [-0.3, -0.25) is 9.36 Å². The summed E-state index contributed by atoms with van der Waals surface area (Å²) in [7, 11) is 1.34. The maximum absolute atomic E-state index is 12.7. The fraction of sp³-hybridized carbons (Fsp3) is 0.346. The second-order valence-electron chi connectivity index (χ2n) is 8.57. The van der Waals surface area contributed by atoms with Gasteiger partial charge in [-0.1, -0.05) is 24.8 Å². The van der Waals surface area contributed by atoms with E-state index in [0.717, 1.165) is 22.1 Å². The van der Waals surface area contributed by atoms with Crippen molar-refractivity contribution in [3.63, 3.8) is 0 Å². The van der Waals surface area contributed by atoms with Gasteiger partial charge in [0.1, 0.15) is 11.4 Å². The number of hydrogen-bond acceptors (Lipinski definition) is 5. The number of fused-ring (bicyclic) bond motifs is 1. The van der Waals surface area contributed by atoms with Crippen molar-refractivity contribution in [2.24, 2.45) is 0 Å². The average molecular weight is 438 g/mol. The lowest BCUT2D eigenvalue weighted by atomic mass is 9.99. The number of esters is 1. The van der Waals surface area contributed by atoms with Crippen molar-refractivity contribution < 1.29 is 23.9 Å². The zero-order chi connectivity index (χ0) is 24.1. The first kappa shape index (κ1) is 24.9. The van der Waals surface area contributed by atoms with Crippen LogP contribution in [-0.2, 0) is 31.9 Å². The van der Waals surface area contributed by atoms with Gasteiger partial charge in [-0.25, -0.2) is 9.59 Å². The van der Waals surface area contributed by atoms with E-state index in [0.29, 0.717) is 17.5 Å². The van der Waals surface area contributed by atoms with Crippen LogP contribution in [0.1, 0.15) is 45.7 Å². The van der Waals surface area contributed by atoms with Crippen LogP contribution in [-0.4, -0.2) is 35.1 Å². The van der Waals surface area contributed by atoms with Crippen LogP contribution in [0.4, 0.5) is 4.79 Å². The fourth-order valence-corrected chi connectivity index (χ4v) is 3.32. The average Bonchev–Trinajstić information content (AvgIpc) is 3.06. The lowest BCUT2D eigenvalue weighted by Gasteiger charge is -2.19. The Bertz CT molecular complexity index is 1110. The molecule has 0 atom stereocenters. The van der Waals surface area contributed by atoms with Gasteiger partial charge in [-0.15, -0.1) is 0 Å². The van der Waals surface area contributed by atoms with Crippen LogP contribution in [0.3, 0.4) is 0 Å². The molecule has 1 aromatic heterocycles. The van der Waals surface area contributed by atoms with E-state index >= 15 is 0 Å². The molecule has 0 unspecified atom stereocenters. The largest absolute Gasteiger partial charge is 0.465 e. The van der Waals surface area contributed by atoms with E-state index in [1.54, 1.807) is 31.3 Å². The molecule has 0 N–H and O–H groups in total. The van der Waals surface area contributed by atoms with E-state index in [9.17, 15) is 14.4 Å². The zero-order valence-corrected chi connectivity index (χ0v) is 19.7. The van der Waals surface area contributed by atoms with Crippen LogP contribution in [0.25, 0.3) is 10.9 Å². The Balaban J connectivity index is 2.50. The summed E-state index contributed by atoms with van der Waals surface area (Å²) in [4.78, 5) is 36.4. The third-order valence-electron chi connectivity index (χ3n) is 4.72. The summed E-state index contributed by atoms with van der Waals surface area (Å²) in [6.07, 6.45) is 7.03. The number of carbonyl (C=O) groups excluding carboxylic acids is 3. The molecule has 1 heterocycles. The molecule has 0 amide bonds. The normalized spacial score (nSPS) is 12.6. The lowest BCUT2D eigenvalue weighted by Crippen LogP contribution is -2.26. The minimum absolute atomic E-state index is 0.00104. The SMILES string of the molecule is C=C/C(=C\C(=C/C)C(=O)OC)Cc1ccc2c(c1)c(CC(C)=O)cn2C(=O)OC(C)(C)C. The molecule has 0 saturated carbocycles. The number of methoxy groups -OCH3 is 1. The van der Waals surface area contributed by atoms with Gasteiger partial charge in [-0.2, -0.15) is 0 Å². The minimum atomic E-state index is -0.637. The van der Waals surface area contributed by atoms with Gasteiger partial charge < -0.3 is 9.47 Å². The first-order valence-electron chi connectivity index (χ1n) is 10.4. The molecule has 0 bridgehead atoms. The molecule has 0 fully saturated rings. The Morgan fingerprint density at radius 3 is 2.38 bits per heavy atom. The maximum Gasteiger partial charge on any atom is 0.419 e. The summed E-state index contributed by atoms with van der Waals surface area (Å²) in [6, 6.07) is 5.71. The Labute approximate surface area is 189 Å². The second kappa shape index (κ2) is 10.3. The standard InChI is InChI=1S/C26H31NO5/c1-8-18(14-20(9-2)24(29)31-7)13-19-10-11-23-22(15-19)21(12-17(3)28)16-27(23)25(30)32-26(4,5)6/h8-11,14-16H,1,12-13H2,2-7H3/b18-14+,20-9+. The van der Waals surface area contributed by atoms with E-state index in [2.05, 4.69) is 6.58 Å². The highest BCUT2D eigenvalue weighted by atomic mass is 16.6. The molecule has 6 nitrogen and oxygen atoms in total. The number of ketones is 1. The van der Waals surface area contributed by atoms with Crippen LogP contribution in [0.15, 0.2) is 60.3 Å². The number of Topliss-reactive ketones (excluding diaryl/α,β-unsaturated/α-hetero) is 1. The number of benzene rings is 1. The summed E-state index contributed by atoms with van der Waals surface area (Å²) in [5.74, 6) is -0.415. The van der Waals surface area contributed by atoms with E-state index in [-0.39, 0.29) is 12.2 Å². The highest BCUT2D eigenvalue weighted by Gasteiger charge is 2.21. The Morgan fingerprint density at radius 2 is 1.84 bits per heavy atom. The first-order valence-corrected chi connectivity index (χ1v) is 10.4. The lowest BCUT2D eigenvalue weighted by molar-refractivity contribution is -0.135. The predicted octanol–water partition coefficient (Wildman–Crippen LogP) is 5.33. The number of hydrogen-bond donors (Lipinski definition) is 0. The Morgan fingerprint density at radius 1 is 1.16 bits per heavy atom. The van der Waals surface area contributed by atoms with Crippen molar-refractivity contribution >= 4 is 28.7 Å². The number of aromatic nitrogens is 1. The quantitative estimate of drug-likeness (QED) is 0.332. The van der Waals surface area contributed by atoms with Crippen molar-refractivity contribution in [1.82, 2.24) is 4.57 Å². The van der Waals surface area contributed by atoms with E-state index in [1.807, 2.05) is 39.0 Å². The summed E-state index contributed by atoms with van der Waals surface area (Å²) >= 11 is 0. The van der Waals surface area contributed by atoms with Crippen molar-refractivity contribution in [1.29, 1.82) is 0 Å². The molecular weight excluding hydrogens is 406 g/mol. The number of nitrogens with zero attached hydrogens (tertiary/aromatic N) is 1. The van der Waals surface area contributed by atoms with Crippen LogP contribution >= 0.6 is 0 Å². The fourth-order valence-electron chi connectivity index (χ4n) is 3.32. The number of ether oxygens (including phenoxy) is 2. The molecule has 6 heteroatoms. The highest BCUT2D eigenvalue weighted by molar-refractivity contribution is 5.95. The zero-order valence-electron chi connectivity index (χ0n) is 19.7. The third-order valence-corrected chi connectivity index (χ3v) is 4.72. The molecule has 170 valence electrons. The van der Waals surface area contributed by atoms with Crippen molar-refractivity contribution in [2.75, 3.05) is 7.11 Å². The van der Waals surface area contributed by atoms with Crippen molar-refractivity contribution in [3.05, 3.63) is 71.5 Å². The number of carbonyl (C=O) groups is 3. The second-order valence-corrected chi connectivity index (χ2v) is 8.57. The first-order chi connectivity index (χ1) is 15.0. The summed E-state index contributed by atoms with van der Waals surface area (Å²) in [5.41, 5.74) is 3.03. The minimum Gasteiger partial charge on any atom is -0.465 e. The van der Waals surface area contributed by atoms with E-state index < -0.39 is 17.7 Å². The van der Waals surface area contributed by atoms with Gasteiger partial charge in [0.2, 0.25) is 0 Å². The molecule has 2 rings (SSSR count). The van der Waals surface area contributed by atoms with E-state index in [4.69, 9.17) is 9.47 Å². The highest BCUT2D eigenvalue weighted by Crippen LogP contribution is 2.26. The summed E-state index contributed by atoms with van der Waals surface area (Å²) in [6.45, 7) is 12.6. The van der Waals surface area contributed by atoms with Gasteiger partial charge in [0.05, 0.1) is 18.2 Å². The smallest absolute Gasteiger partial charge is 0.419 e. The van der Waals surface area contributed by atoms with E-state index in [1.165, 1.54) is 18.6 Å². The van der Waals surface area contributed by atoms with Crippen LogP contribution in [0.2, 0.25) is 0 Å².